The summed E-state index contributed by atoms with van der Waals surface area (Å²) in [6.45, 7) is 1.96. The second-order valence-electron chi connectivity index (χ2n) is 9.33. The Kier molecular flexibility index (Phi) is 6.11. The Labute approximate surface area is 214 Å². The highest BCUT2D eigenvalue weighted by atomic mass is 35.5. The minimum absolute atomic E-state index is 0.0412. The molecule has 1 unspecified atom stereocenters. The maximum Gasteiger partial charge on any atom is 0.298 e. The SMILES string of the molecule is O=C(NCC(c1ccccc1Cl)c1c[nH]c2ccccc12)C1CCN(c2nc3ccccc3o2)CC1. The number of aromatic amines is 1. The molecule has 7 heteroatoms. The van der Waals surface area contributed by atoms with E-state index in [4.69, 9.17) is 16.0 Å². The van der Waals surface area contributed by atoms with Crippen molar-refractivity contribution in [2.24, 2.45) is 5.92 Å². The fourth-order valence-corrected chi connectivity index (χ4v) is 5.47. The molecule has 36 heavy (non-hydrogen) atoms. The normalized spacial score (nSPS) is 15.4. The lowest BCUT2D eigenvalue weighted by molar-refractivity contribution is -0.125. The predicted molar refractivity (Wildman–Crippen MR) is 144 cm³/mol. The van der Waals surface area contributed by atoms with E-state index in [9.17, 15) is 4.79 Å². The van der Waals surface area contributed by atoms with E-state index in [0.29, 0.717) is 17.6 Å². The van der Waals surface area contributed by atoms with Gasteiger partial charge in [-0.15, -0.1) is 0 Å². The molecule has 3 heterocycles. The lowest BCUT2D eigenvalue weighted by atomic mass is 9.90. The summed E-state index contributed by atoms with van der Waals surface area (Å²) in [5, 5.41) is 5.08. The number of halogens is 1. The predicted octanol–water partition coefficient (Wildman–Crippen LogP) is 6.13. The zero-order chi connectivity index (χ0) is 24.5. The van der Waals surface area contributed by atoms with Gasteiger partial charge in [0.2, 0.25) is 5.91 Å². The number of carbonyl (C=O) groups is 1. The van der Waals surface area contributed by atoms with Gasteiger partial charge in [-0.2, -0.15) is 4.98 Å². The van der Waals surface area contributed by atoms with Gasteiger partial charge in [-0.1, -0.05) is 60.1 Å². The van der Waals surface area contributed by atoms with E-state index >= 15 is 0 Å². The zero-order valence-electron chi connectivity index (χ0n) is 19.8. The van der Waals surface area contributed by atoms with Gasteiger partial charge in [0.15, 0.2) is 5.58 Å². The summed E-state index contributed by atoms with van der Waals surface area (Å²) in [5.74, 6) is -0.0109. The van der Waals surface area contributed by atoms with Crippen LogP contribution in [0.3, 0.4) is 0 Å². The van der Waals surface area contributed by atoms with Crippen molar-refractivity contribution in [3.05, 3.63) is 95.1 Å². The van der Waals surface area contributed by atoms with Crippen LogP contribution >= 0.6 is 11.6 Å². The number of rotatable bonds is 6. The summed E-state index contributed by atoms with van der Waals surface area (Å²) >= 11 is 6.61. The molecule has 0 spiro atoms. The fraction of sp³-hybridized carbons (Fsp3) is 0.241. The molecule has 0 radical (unpaired) electrons. The van der Waals surface area contributed by atoms with Gasteiger partial charge < -0.3 is 19.6 Å². The van der Waals surface area contributed by atoms with Gasteiger partial charge in [0.05, 0.1) is 0 Å². The number of benzene rings is 3. The standard InChI is InChI=1S/C29H27ClN4O2/c30-24-9-3-1-7-20(24)22(23-17-31-25-10-4-2-8-21(23)25)18-32-28(35)19-13-15-34(16-14-19)29-33-26-11-5-6-12-27(26)36-29/h1-12,17,19,22,31H,13-16,18H2,(H,32,35). The molecule has 2 aromatic heterocycles. The van der Waals surface area contributed by atoms with Gasteiger partial charge >= 0.3 is 0 Å². The molecule has 182 valence electrons. The number of para-hydroxylation sites is 3. The Balaban J connectivity index is 1.15. The maximum absolute atomic E-state index is 13.2. The van der Waals surface area contributed by atoms with Gasteiger partial charge in [0, 0.05) is 53.6 Å². The topological polar surface area (TPSA) is 74.2 Å². The Morgan fingerprint density at radius 3 is 2.61 bits per heavy atom. The molecule has 0 saturated carbocycles. The van der Waals surface area contributed by atoms with E-state index in [0.717, 1.165) is 59.1 Å². The maximum atomic E-state index is 13.2. The van der Waals surface area contributed by atoms with Crippen molar-refractivity contribution >= 4 is 45.5 Å². The van der Waals surface area contributed by atoms with Gasteiger partial charge in [-0.05, 0) is 48.2 Å². The minimum Gasteiger partial charge on any atom is -0.423 e. The molecule has 6 nitrogen and oxygen atoms in total. The van der Waals surface area contributed by atoms with Crippen LogP contribution in [0.5, 0.6) is 0 Å². The molecule has 0 aliphatic carbocycles. The highest BCUT2D eigenvalue weighted by Gasteiger charge is 2.28. The van der Waals surface area contributed by atoms with Crippen molar-refractivity contribution in [3.8, 4) is 0 Å². The quantitative estimate of drug-likeness (QED) is 0.295. The third-order valence-corrected chi connectivity index (χ3v) is 7.52. The van der Waals surface area contributed by atoms with Crippen molar-refractivity contribution in [2.45, 2.75) is 18.8 Å². The number of nitrogens with one attached hydrogen (secondary N) is 2. The summed E-state index contributed by atoms with van der Waals surface area (Å²) < 4.78 is 5.92. The van der Waals surface area contributed by atoms with Crippen LogP contribution in [-0.4, -0.2) is 35.5 Å². The first-order valence-corrected chi connectivity index (χ1v) is 12.7. The summed E-state index contributed by atoms with van der Waals surface area (Å²) in [4.78, 5) is 23.3. The summed E-state index contributed by atoms with van der Waals surface area (Å²) in [6.07, 6.45) is 3.55. The van der Waals surface area contributed by atoms with Crippen LogP contribution in [0.25, 0.3) is 22.0 Å². The number of aromatic nitrogens is 2. The van der Waals surface area contributed by atoms with Gasteiger partial charge in [0.1, 0.15) is 5.52 Å². The average Bonchev–Trinajstić information content (AvgIpc) is 3.55. The van der Waals surface area contributed by atoms with Gasteiger partial charge in [0.25, 0.3) is 6.01 Å². The molecule has 3 aromatic carbocycles. The number of amides is 1. The van der Waals surface area contributed by atoms with E-state index in [1.165, 1.54) is 0 Å². The second kappa shape index (κ2) is 9.70. The Morgan fingerprint density at radius 1 is 1.03 bits per heavy atom. The molecule has 1 amide bonds. The molecule has 6 rings (SSSR count). The van der Waals surface area contributed by atoms with Crippen LogP contribution in [0.1, 0.15) is 29.9 Å². The first-order valence-electron chi connectivity index (χ1n) is 12.4. The van der Waals surface area contributed by atoms with Gasteiger partial charge in [-0.3, -0.25) is 4.79 Å². The Hall–Kier alpha value is -3.77. The smallest absolute Gasteiger partial charge is 0.298 e. The Bertz CT molecular complexity index is 1480. The van der Waals surface area contributed by atoms with E-state index < -0.39 is 0 Å². The molecule has 1 fully saturated rings. The number of H-pyrrole nitrogens is 1. The highest BCUT2D eigenvalue weighted by Crippen LogP contribution is 2.34. The van der Waals surface area contributed by atoms with E-state index in [-0.39, 0.29) is 17.7 Å². The molecular formula is C29H27ClN4O2. The van der Waals surface area contributed by atoms with Crippen LogP contribution < -0.4 is 10.2 Å². The van der Waals surface area contributed by atoms with Crippen molar-refractivity contribution in [1.29, 1.82) is 0 Å². The van der Waals surface area contributed by atoms with E-state index in [1.807, 2.05) is 66.9 Å². The highest BCUT2D eigenvalue weighted by molar-refractivity contribution is 6.31. The number of oxazole rings is 1. The first-order chi connectivity index (χ1) is 17.7. The van der Waals surface area contributed by atoms with E-state index in [1.54, 1.807) is 0 Å². The number of hydrogen-bond donors (Lipinski definition) is 2. The molecule has 2 N–H and O–H groups in total. The largest absolute Gasteiger partial charge is 0.423 e. The number of hydrogen-bond acceptors (Lipinski definition) is 4. The van der Waals surface area contributed by atoms with Gasteiger partial charge in [-0.25, -0.2) is 0 Å². The van der Waals surface area contributed by atoms with Crippen molar-refractivity contribution in [2.75, 3.05) is 24.5 Å². The summed E-state index contributed by atoms with van der Waals surface area (Å²) in [6, 6.07) is 24.5. The fourth-order valence-electron chi connectivity index (χ4n) is 5.20. The average molecular weight is 499 g/mol. The summed E-state index contributed by atoms with van der Waals surface area (Å²) in [7, 11) is 0. The van der Waals surface area contributed by atoms with Crippen molar-refractivity contribution < 1.29 is 9.21 Å². The third-order valence-electron chi connectivity index (χ3n) is 7.18. The minimum atomic E-state index is -0.0568. The van der Waals surface area contributed by atoms with Crippen LogP contribution in [0.2, 0.25) is 5.02 Å². The van der Waals surface area contributed by atoms with Crippen molar-refractivity contribution in [1.82, 2.24) is 15.3 Å². The molecule has 5 aromatic rings. The molecule has 1 saturated heterocycles. The number of fused-ring (bicyclic) bond motifs is 2. The van der Waals surface area contributed by atoms with Crippen LogP contribution in [0.4, 0.5) is 6.01 Å². The van der Waals surface area contributed by atoms with Crippen molar-refractivity contribution in [3.63, 3.8) is 0 Å². The summed E-state index contributed by atoms with van der Waals surface area (Å²) in [5.41, 5.74) is 4.85. The second-order valence-corrected chi connectivity index (χ2v) is 9.74. The third kappa shape index (κ3) is 4.33. The molecule has 1 atom stereocenters. The lowest BCUT2D eigenvalue weighted by Crippen LogP contribution is -2.41. The van der Waals surface area contributed by atoms with Crippen LogP contribution in [0.15, 0.2) is 83.4 Å². The van der Waals surface area contributed by atoms with E-state index in [2.05, 4.69) is 32.3 Å². The zero-order valence-corrected chi connectivity index (χ0v) is 20.5. The number of carbonyl (C=O) groups excluding carboxylic acids is 1. The number of piperidine rings is 1. The molecular weight excluding hydrogens is 472 g/mol. The molecule has 1 aliphatic rings. The molecule has 0 bridgehead atoms. The lowest BCUT2D eigenvalue weighted by Gasteiger charge is -2.30. The molecule has 1 aliphatic heterocycles. The van der Waals surface area contributed by atoms with Crippen LogP contribution in [-0.2, 0) is 4.79 Å². The Morgan fingerprint density at radius 2 is 1.78 bits per heavy atom. The number of anilines is 1. The number of nitrogens with zero attached hydrogens (tertiary/aromatic N) is 2. The first kappa shape index (κ1) is 22.7. The monoisotopic (exact) mass is 498 g/mol. The van der Waals surface area contributed by atoms with Crippen LogP contribution in [0, 0.1) is 5.92 Å².